The third-order valence-electron chi connectivity index (χ3n) is 0.365. The molecule has 0 aromatic carbocycles. The Morgan fingerprint density at radius 2 is 2.43 bits per heavy atom. The van der Waals surface area contributed by atoms with E-state index in [1.165, 1.54) is 7.11 Å². The van der Waals surface area contributed by atoms with Crippen molar-refractivity contribution >= 4 is 28.7 Å². The Morgan fingerprint density at radius 1 is 1.86 bits per heavy atom. The fourth-order valence-corrected chi connectivity index (χ4v) is 0.253. The molecule has 7 heavy (non-hydrogen) atoms. The van der Waals surface area contributed by atoms with Crippen molar-refractivity contribution in [1.29, 1.82) is 0 Å². The average molecular weight is 214 g/mol. The zero-order chi connectivity index (χ0) is 5.70. The highest BCUT2D eigenvalue weighted by Crippen LogP contribution is 1.75. The van der Waals surface area contributed by atoms with E-state index in [1.54, 1.807) is 0 Å². The highest BCUT2D eigenvalue weighted by Gasteiger charge is 1.78. The van der Waals surface area contributed by atoms with Gasteiger partial charge in [0.1, 0.15) is 12.9 Å². The van der Waals surface area contributed by atoms with Crippen molar-refractivity contribution in [2.24, 2.45) is 5.16 Å². The molecule has 0 aromatic rings. The van der Waals surface area contributed by atoms with Crippen molar-refractivity contribution in [3.63, 3.8) is 0 Å². The summed E-state index contributed by atoms with van der Waals surface area (Å²) in [6, 6.07) is 0. The van der Waals surface area contributed by atoms with Gasteiger partial charge in [-0.1, -0.05) is 5.16 Å². The summed E-state index contributed by atoms with van der Waals surface area (Å²) < 4.78 is 2.76. The molecule has 3 nitrogen and oxygen atoms in total. The highest BCUT2D eigenvalue weighted by atomic mass is 127. The van der Waals surface area contributed by atoms with Gasteiger partial charge >= 0.3 is 0 Å². The zero-order valence-electron chi connectivity index (χ0n) is 4.23. The maximum atomic E-state index is 4.42. The van der Waals surface area contributed by atoms with Gasteiger partial charge in [-0.05, 0) is 6.92 Å². The number of oxime groups is 1. The summed E-state index contributed by atoms with van der Waals surface area (Å²) in [6.45, 7) is 1.82. The molecule has 0 bridgehead atoms. The van der Waals surface area contributed by atoms with Gasteiger partial charge in [-0.15, -0.1) is 0 Å². The summed E-state index contributed by atoms with van der Waals surface area (Å²) in [4.78, 5) is 4.42. The molecule has 0 atom stereocenters. The minimum atomic E-state index is 0.767. The van der Waals surface area contributed by atoms with Crippen LogP contribution in [0, 0.1) is 0 Å². The van der Waals surface area contributed by atoms with Crippen LogP contribution in [-0.2, 0) is 4.84 Å². The van der Waals surface area contributed by atoms with Gasteiger partial charge in [0.2, 0.25) is 0 Å². The van der Waals surface area contributed by atoms with Crippen LogP contribution in [0.25, 0.3) is 0 Å². The molecule has 1 N–H and O–H groups in total. The Bertz CT molecular complexity index is 73.3. The van der Waals surface area contributed by atoms with E-state index >= 15 is 0 Å². The molecule has 0 aliphatic rings. The first-order valence-corrected chi connectivity index (χ1v) is 2.83. The summed E-state index contributed by atoms with van der Waals surface area (Å²) >= 11 is 1.98. The van der Waals surface area contributed by atoms with Gasteiger partial charge < -0.3 is 8.37 Å². The molecule has 0 heterocycles. The molecule has 0 fully saturated rings. The van der Waals surface area contributed by atoms with Crippen LogP contribution in [0.2, 0.25) is 0 Å². The lowest BCUT2D eigenvalue weighted by Crippen LogP contribution is -2.05. The molecule has 0 spiro atoms. The molecule has 0 unspecified atom stereocenters. The Labute approximate surface area is 56.6 Å². The van der Waals surface area contributed by atoms with E-state index in [-0.39, 0.29) is 0 Å². The normalized spacial score (nSPS) is 11.0. The fraction of sp³-hybridized carbons (Fsp3) is 0.667. The highest BCUT2D eigenvalue weighted by molar-refractivity contribution is 14.1. The first kappa shape index (κ1) is 7.00. The van der Waals surface area contributed by atoms with Crippen LogP contribution in [0.4, 0.5) is 0 Å². The maximum absolute atomic E-state index is 4.42. The molecule has 0 aromatic heterocycles. The third-order valence-corrected chi connectivity index (χ3v) is 1.15. The number of nitrogens with one attached hydrogen (secondary N) is 1. The summed E-state index contributed by atoms with van der Waals surface area (Å²) in [5, 5.41) is 3.54. The molecule has 0 radical (unpaired) electrons. The van der Waals surface area contributed by atoms with E-state index in [2.05, 4.69) is 13.5 Å². The number of halogens is 1. The predicted octanol–water partition coefficient (Wildman–Crippen LogP) is 0.906. The van der Waals surface area contributed by atoms with Crippen molar-refractivity contribution in [3.05, 3.63) is 0 Å². The van der Waals surface area contributed by atoms with Gasteiger partial charge in [0, 0.05) is 0 Å². The smallest absolute Gasteiger partial charge is 0.147 e. The van der Waals surface area contributed by atoms with Gasteiger partial charge in [0.05, 0.1) is 22.9 Å². The molecule has 0 aliphatic carbocycles. The Morgan fingerprint density at radius 3 is 2.57 bits per heavy atom. The van der Waals surface area contributed by atoms with Gasteiger partial charge in [-0.3, -0.25) is 0 Å². The molecule has 42 valence electrons. The van der Waals surface area contributed by atoms with E-state index in [0.717, 1.165) is 5.84 Å². The minimum Gasteiger partial charge on any atom is -0.398 e. The van der Waals surface area contributed by atoms with Crippen LogP contribution in [0.15, 0.2) is 5.16 Å². The van der Waals surface area contributed by atoms with E-state index in [1.807, 2.05) is 29.8 Å². The number of hydrogen-bond acceptors (Lipinski definition) is 2. The Hall–Kier alpha value is 0. The lowest BCUT2D eigenvalue weighted by atomic mass is 10.7. The van der Waals surface area contributed by atoms with Crippen molar-refractivity contribution in [2.45, 2.75) is 6.92 Å². The Kier molecular flexibility index (Phi) is 4.17. The molecule has 0 saturated heterocycles. The van der Waals surface area contributed by atoms with Gasteiger partial charge in [-0.25, -0.2) is 0 Å². The number of hydrogen-bond donors (Lipinski definition) is 1. The summed E-state index contributed by atoms with van der Waals surface area (Å²) in [7, 11) is 1.51. The zero-order valence-corrected chi connectivity index (χ0v) is 6.39. The van der Waals surface area contributed by atoms with Gasteiger partial charge in [-0.2, -0.15) is 0 Å². The topological polar surface area (TPSA) is 33.6 Å². The summed E-state index contributed by atoms with van der Waals surface area (Å²) in [6.07, 6.45) is 0. The monoisotopic (exact) mass is 214 g/mol. The Balaban J connectivity index is 3.29. The molecule has 0 rings (SSSR count). The quantitative estimate of drug-likeness (QED) is 0.231. The molecular formula is C3H7IN2O. The average Bonchev–Trinajstić information content (AvgIpc) is 1.68. The maximum Gasteiger partial charge on any atom is 0.147 e. The standard InChI is InChI=1S/C3H7IN2O/c1-3(5-4)6-7-2/h1-2H3,(H,5,6). The SMILES string of the molecule is CO/N=C(\C)NI. The molecule has 0 aliphatic heterocycles. The predicted molar refractivity (Wildman–Crippen MR) is 37.3 cm³/mol. The van der Waals surface area contributed by atoms with Crippen LogP contribution < -0.4 is 3.53 Å². The summed E-state index contributed by atoms with van der Waals surface area (Å²) in [5.74, 6) is 0.767. The lowest BCUT2D eigenvalue weighted by molar-refractivity contribution is 0.212. The largest absolute Gasteiger partial charge is 0.398 e. The van der Waals surface area contributed by atoms with Gasteiger partial charge in [0.25, 0.3) is 0 Å². The van der Waals surface area contributed by atoms with Crippen LogP contribution in [-0.4, -0.2) is 12.9 Å². The molecule has 0 amide bonds. The second kappa shape index (κ2) is 4.17. The van der Waals surface area contributed by atoms with Crippen LogP contribution in [0.3, 0.4) is 0 Å². The van der Waals surface area contributed by atoms with E-state index in [4.69, 9.17) is 0 Å². The van der Waals surface area contributed by atoms with Crippen LogP contribution in [0.5, 0.6) is 0 Å². The number of nitrogens with zero attached hydrogens (tertiary/aromatic N) is 1. The van der Waals surface area contributed by atoms with Crippen molar-refractivity contribution in [1.82, 2.24) is 3.53 Å². The second-order valence-corrected chi connectivity index (χ2v) is 1.49. The minimum absolute atomic E-state index is 0.767. The molecule has 0 saturated carbocycles. The molecular weight excluding hydrogens is 207 g/mol. The second-order valence-electron chi connectivity index (χ2n) is 0.954. The van der Waals surface area contributed by atoms with E-state index in [9.17, 15) is 0 Å². The van der Waals surface area contributed by atoms with Crippen molar-refractivity contribution in [2.75, 3.05) is 7.11 Å². The first-order valence-electron chi connectivity index (χ1n) is 1.75. The molecule has 4 heteroatoms. The third kappa shape index (κ3) is 3.84. The van der Waals surface area contributed by atoms with Crippen molar-refractivity contribution < 1.29 is 4.84 Å². The number of amidine groups is 1. The van der Waals surface area contributed by atoms with Crippen molar-refractivity contribution in [3.8, 4) is 0 Å². The van der Waals surface area contributed by atoms with E-state index in [0.29, 0.717) is 0 Å². The summed E-state index contributed by atoms with van der Waals surface area (Å²) in [5.41, 5.74) is 0. The number of rotatable bonds is 1. The van der Waals surface area contributed by atoms with Gasteiger partial charge in [0.15, 0.2) is 0 Å². The van der Waals surface area contributed by atoms with Crippen LogP contribution in [0.1, 0.15) is 6.92 Å². The first-order chi connectivity index (χ1) is 3.31. The van der Waals surface area contributed by atoms with Crippen LogP contribution >= 0.6 is 22.9 Å². The van der Waals surface area contributed by atoms with E-state index < -0.39 is 0 Å². The lowest BCUT2D eigenvalue weighted by Gasteiger charge is -1.90. The fourth-order valence-electron chi connectivity index (χ4n) is 0.154.